The Labute approximate surface area is 58.4 Å². The van der Waals surface area contributed by atoms with Crippen LogP contribution in [0.4, 0.5) is 0 Å². The minimum absolute atomic E-state index is 0.382. The van der Waals surface area contributed by atoms with Crippen molar-refractivity contribution in [3.63, 3.8) is 0 Å². The minimum Gasteiger partial charge on any atom is -0.263 e. The summed E-state index contributed by atoms with van der Waals surface area (Å²) in [6.45, 7) is 0. The fourth-order valence-electron chi connectivity index (χ4n) is 0.755. The minimum atomic E-state index is 0.382. The molecule has 2 aromatic heterocycles. The molecule has 0 aliphatic rings. The number of rotatable bonds is 0. The van der Waals surface area contributed by atoms with Crippen LogP contribution in [0.15, 0.2) is 29.9 Å². The molecule has 2 rings (SSSR count). The van der Waals surface area contributed by atoms with Gasteiger partial charge < -0.3 is 0 Å². The van der Waals surface area contributed by atoms with Gasteiger partial charge in [0.05, 0.1) is 6.07 Å². The summed E-state index contributed by atoms with van der Waals surface area (Å²) in [4.78, 5) is 3.86. The van der Waals surface area contributed by atoms with Gasteiger partial charge in [-0.3, -0.25) is 4.98 Å². The van der Waals surface area contributed by atoms with Gasteiger partial charge in [-0.05, 0) is 22.9 Å². The Morgan fingerprint density at radius 2 is 2.56 bits per heavy atom. The van der Waals surface area contributed by atoms with Gasteiger partial charge in [0.1, 0.15) is 0 Å². The zero-order valence-corrected chi connectivity index (χ0v) is 5.48. The monoisotopic (exact) mass is 136 g/mol. The van der Waals surface area contributed by atoms with Gasteiger partial charge in [-0.25, -0.2) is 0 Å². The van der Waals surface area contributed by atoms with Crippen LogP contribution >= 0.6 is 11.3 Å². The third kappa shape index (κ3) is 0.715. The van der Waals surface area contributed by atoms with Crippen molar-refractivity contribution in [2.75, 3.05) is 0 Å². The smallest absolute Gasteiger partial charge is 0.0855 e. The summed E-state index contributed by atoms with van der Waals surface area (Å²) in [5.41, 5.74) is 0. The fourth-order valence-corrected chi connectivity index (χ4v) is 1.48. The molecule has 2 heterocycles. The number of hydrogen-bond donors (Lipinski definition) is 0. The molecule has 0 amide bonds. The quantitative estimate of drug-likeness (QED) is 0.541. The molecule has 0 fully saturated rings. The van der Waals surface area contributed by atoms with Crippen LogP contribution in [0.3, 0.4) is 0 Å². The molecule has 0 saturated heterocycles. The van der Waals surface area contributed by atoms with E-state index >= 15 is 0 Å². The molecule has 0 bridgehead atoms. The van der Waals surface area contributed by atoms with Crippen LogP contribution in [0.25, 0.3) is 10.1 Å². The Balaban J connectivity index is 2.95. The third-order valence-electron chi connectivity index (χ3n) is 1.19. The summed E-state index contributed by atoms with van der Waals surface area (Å²) in [6, 6.07) is 3.92. The maximum absolute atomic E-state index is 7.38. The molecule has 44 valence electrons. The van der Waals surface area contributed by atoms with Crippen molar-refractivity contribution < 1.29 is 1.37 Å². The highest BCUT2D eigenvalue weighted by Crippen LogP contribution is 2.17. The lowest BCUT2D eigenvalue weighted by Gasteiger charge is -1.81. The normalized spacial score (nSPS) is 11.8. The summed E-state index contributed by atoms with van der Waals surface area (Å²) >= 11 is 1.56. The van der Waals surface area contributed by atoms with Crippen LogP contribution in [-0.2, 0) is 0 Å². The van der Waals surface area contributed by atoms with E-state index in [0.717, 1.165) is 10.1 Å². The Morgan fingerprint density at radius 3 is 3.44 bits per heavy atom. The highest BCUT2D eigenvalue weighted by molar-refractivity contribution is 7.17. The lowest BCUT2D eigenvalue weighted by Crippen LogP contribution is -1.64. The average molecular weight is 136 g/mol. The van der Waals surface area contributed by atoms with Gasteiger partial charge in [0, 0.05) is 12.4 Å². The predicted molar refractivity (Wildman–Crippen MR) is 39.6 cm³/mol. The van der Waals surface area contributed by atoms with Crippen molar-refractivity contribution in [2.45, 2.75) is 0 Å². The van der Waals surface area contributed by atoms with Crippen molar-refractivity contribution in [3.05, 3.63) is 29.9 Å². The van der Waals surface area contributed by atoms with Gasteiger partial charge in [-0.1, -0.05) is 0 Å². The molecule has 1 nitrogen and oxygen atoms in total. The zero-order chi connectivity index (χ0) is 6.97. The number of thiophene rings is 1. The molecular weight excluding hydrogens is 130 g/mol. The second-order valence-electron chi connectivity index (χ2n) is 1.76. The largest absolute Gasteiger partial charge is 0.263 e. The van der Waals surface area contributed by atoms with Gasteiger partial charge >= 0.3 is 0 Å². The zero-order valence-electron chi connectivity index (χ0n) is 5.66. The molecule has 2 heteroatoms. The molecule has 9 heavy (non-hydrogen) atoms. The lowest BCUT2D eigenvalue weighted by atomic mass is 10.3. The number of fused-ring (bicyclic) bond motifs is 1. The van der Waals surface area contributed by atoms with Crippen LogP contribution in [0.5, 0.6) is 0 Å². The fraction of sp³-hybridized carbons (Fsp3) is 0. The van der Waals surface area contributed by atoms with E-state index in [1.165, 1.54) is 0 Å². The first kappa shape index (κ1) is 4.01. The van der Waals surface area contributed by atoms with E-state index in [1.54, 1.807) is 17.5 Å². The maximum Gasteiger partial charge on any atom is 0.0855 e. The van der Waals surface area contributed by atoms with Crippen molar-refractivity contribution >= 4 is 21.4 Å². The first-order valence-electron chi connectivity index (χ1n) is 3.17. The lowest BCUT2D eigenvalue weighted by molar-refractivity contribution is 1.37. The molecule has 0 aromatic carbocycles. The number of pyridine rings is 1. The molecule has 0 aliphatic carbocycles. The molecule has 0 saturated carbocycles. The van der Waals surface area contributed by atoms with Crippen LogP contribution in [0.1, 0.15) is 1.37 Å². The van der Waals surface area contributed by atoms with E-state index in [2.05, 4.69) is 4.98 Å². The highest BCUT2D eigenvalue weighted by atomic mass is 32.1. The van der Waals surface area contributed by atoms with Gasteiger partial charge in [-0.2, -0.15) is 0 Å². The van der Waals surface area contributed by atoms with E-state index in [0.29, 0.717) is 6.17 Å². The first-order valence-corrected chi connectivity index (χ1v) is 3.55. The molecule has 0 atom stereocenters. The molecule has 0 N–H and O–H groups in total. The van der Waals surface area contributed by atoms with Crippen LogP contribution in [0.2, 0.25) is 0 Å². The summed E-state index contributed by atoms with van der Waals surface area (Å²) in [5, 5.41) is 3.09. The summed E-state index contributed by atoms with van der Waals surface area (Å²) in [5.74, 6) is 0. The second-order valence-corrected chi connectivity index (χ2v) is 2.68. The Hall–Kier alpha value is -0.890. The number of hydrogen-bond acceptors (Lipinski definition) is 2. The summed E-state index contributed by atoms with van der Waals surface area (Å²) in [6.07, 6.45) is 2.05. The number of aromatic nitrogens is 1. The average Bonchev–Trinajstić information content (AvgIpc) is 2.36. The number of nitrogens with zero attached hydrogens (tertiary/aromatic N) is 1. The van der Waals surface area contributed by atoms with E-state index < -0.39 is 0 Å². The van der Waals surface area contributed by atoms with Crippen molar-refractivity contribution in [2.24, 2.45) is 0 Å². The summed E-state index contributed by atoms with van der Waals surface area (Å²) in [7, 11) is 0. The highest BCUT2D eigenvalue weighted by Gasteiger charge is 1.88. The Morgan fingerprint density at radius 1 is 1.56 bits per heavy atom. The van der Waals surface area contributed by atoms with Gasteiger partial charge in [0.25, 0.3) is 0 Å². The molecule has 2 aromatic rings. The Bertz CT molecular complexity index is 355. The maximum atomic E-state index is 7.38. The predicted octanol–water partition coefficient (Wildman–Crippen LogP) is 2.30. The molecule has 0 unspecified atom stereocenters. The van der Waals surface area contributed by atoms with E-state index in [1.807, 2.05) is 17.5 Å². The molecule has 0 spiro atoms. The van der Waals surface area contributed by atoms with Crippen molar-refractivity contribution in [3.8, 4) is 0 Å². The van der Waals surface area contributed by atoms with E-state index in [4.69, 9.17) is 1.37 Å². The first-order chi connectivity index (χ1) is 4.88. The van der Waals surface area contributed by atoms with Gasteiger partial charge in [0.2, 0.25) is 0 Å². The SMILES string of the molecule is [2H]c1nccc2ccsc12. The summed E-state index contributed by atoms with van der Waals surface area (Å²) < 4.78 is 8.35. The van der Waals surface area contributed by atoms with Crippen molar-refractivity contribution in [1.82, 2.24) is 4.98 Å². The van der Waals surface area contributed by atoms with Crippen LogP contribution in [0, 0.1) is 0 Å². The molecule has 0 aliphatic heterocycles. The molecule has 0 radical (unpaired) electrons. The standard InChI is InChI=1S/C7H5NS/c1-3-8-5-7-6(1)2-4-9-7/h1-5H/i5D. The second kappa shape index (κ2) is 1.81. The van der Waals surface area contributed by atoms with Gasteiger partial charge in [0.15, 0.2) is 0 Å². The third-order valence-corrected chi connectivity index (χ3v) is 2.03. The van der Waals surface area contributed by atoms with Crippen LogP contribution in [-0.4, -0.2) is 4.98 Å². The van der Waals surface area contributed by atoms with E-state index in [-0.39, 0.29) is 0 Å². The van der Waals surface area contributed by atoms with Crippen LogP contribution < -0.4 is 0 Å². The van der Waals surface area contributed by atoms with E-state index in [9.17, 15) is 0 Å². The Kier molecular flexibility index (Phi) is 0.807. The molecular formula is C7H5NS. The topological polar surface area (TPSA) is 12.9 Å². The van der Waals surface area contributed by atoms with Crippen molar-refractivity contribution in [1.29, 1.82) is 0 Å². The van der Waals surface area contributed by atoms with Gasteiger partial charge in [-0.15, -0.1) is 11.3 Å².